The van der Waals surface area contributed by atoms with Crippen molar-refractivity contribution in [3.8, 4) is 0 Å². The van der Waals surface area contributed by atoms with E-state index < -0.39 is 0 Å². The van der Waals surface area contributed by atoms with E-state index in [0.29, 0.717) is 6.04 Å². The number of nitrogens with zero attached hydrogens (tertiary/aromatic N) is 1. The summed E-state index contributed by atoms with van der Waals surface area (Å²) in [4.78, 5) is 6.36. The molecule has 2 aliphatic rings. The molecule has 1 aliphatic heterocycles. The van der Waals surface area contributed by atoms with Crippen LogP contribution in [0.2, 0.25) is 0 Å². The lowest BCUT2D eigenvalue weighted by atomic mass is 9.97. The summed E-state index contributed by atoms with van der Waals surface area (Å²) >= 11 is 1.87. The van der Waals surface area contributed by atoms with E-state index in [9.17, 15) is 0 Å². The zero-order valence-electron chi connectivity index (χ0n) is 10.6. The van der Waals surface area contributed by atoms with E-state index in [1.807, 2.05) is 18.4 Å². The molecule has 0 bridgehead atoms. The molecule has 2 atom stereocenters. The predicted molar refractivity (Wildman–Crippen MR) is 69.4 cm³/mol. The summed E-state index contributed by atoms with van der Waals surface area (Å²) in [6.07, 6.45) is 5.96. The number of hydrogen-bond donors (Lipinski definition) is 1. The Kier molecular flexibility index (Phi) is 2.97. The molecular formula is C13H20N2OS. The van der Waals surface area contributed by atoms with Gasteiger partial charge < -0.3 is 10.1 Å². The van der Waals surface area contributed by atoms with Crippen LogP contribution < -0.4 is 5.32 Å². The molecule has 0 spiro atoms. The van der Waals surface area contributed by atoms with E-state index in [1.165, 1.54) is 34.8 Å². The van der Waals surface area contributed by atoms with E-state index in [2.05, 4.69) is 12.2 Å². The van der Waals surface area contributed by atoms with Gasteiger partial charge in [0, 0.05) is 11.5 Å². The van der Waals surface area contributed by atoms with Gasteiger partial charge in [-0.25, -0.2) is 4.98 Å². The molecule has 3 rings (SSSR count). The predicted octanol–water partition coefficient (Wildman–Crippen LogP) is 2.77. The SMILES string of the molecule is CNC1CCCc2sc(C3(C)CCCO3)nc21. The van der Waals surface area contributed by atoms with Gasteiger partial charge >= 0.3 is 0 Å². The molecule has 94 valence electrons. The molecule has 1 aliphatic carbocycles. The smallest absolute Gasteiger partial charge is 0.125 e. The second kappa shape index (κ2) is 4.34. The summed E-state index contributed by atoms with van der Waals surface area (Å²) in [5.74, 6) is 0. The van der Waals surface area contributed by atoms with Gasteiger partial charge in [0.15, 0.2) is 0 Å². The molecule has 4 heteroatoms. The minimum absolute atomic E-state index is 0.111. The van der Waals surface area contributed by atoms with Crippen LogP contribution >= 0.6 is 11.3 Å². The fourth-order valence-corrected chi connectivity index (χ4v) is 4.17. The highest BCUT2D eigenvalue weighted by atomic mass is 32.1. The Morgan fingerprint density at radius 3 is 3.06 bits per heavy atom. The highest BCUT2D eigenvalue weighted by Gasteiger charge is 2.37. The second-order valence-electron chi connectivity index (χ2n) is 5.24. The first kappa shape index (κ1) is 11.6. The van der Waals surface area contributed by atoms with Gasteiger partial charge in [-0.15, -0.1) is 11.3 Å². The van der Waals surface area contributed by atoms with E-state index in [-0.39, 0.29) is 5.60 Å². The van der Waals surface area contributed by atoms with Crippen LogP contribution in [0.3, 0.4) is 0 Å². The third kappa shape index (κ3) is 1.92. The molecule has 1 aromatic rings. The Labute approximate surface area is 107 Å². The third-order valence-corrected chi connectivity index (χ3v) is 5.35. The summed E-state index contributed by atoms with van der Waals surface area (Å²) in [7, 11) is 2.03. The Morgan fingerprint density at radius 1 is 1.47 bits per heavy atom. The van der Waals surface area contributed by atoms with Crippen LogP contribution in [0.25, 0.3) is 0 Å². The van der Waals surface area contributed by atoms with Crippen LogP contribution in [-0.2, 0) is 16.8 Å². The molecule has 1 aromatic heterocycles. The summed E-state index contributed by atoms with van der Waals surface area (Å²) in [5.41, 5.74) is 1.18. The molecule has 0 aromatic carbocycles. The van der Waals surface area contributed by atoms with Crippen LogP contribution in [0.1, 0.15) is 54.2 Å². The van der Waals surface area contributed by atoms with E-state index >= 15 is 0 Å². The number of rotatable bonds is 2. The quantitative estimate of drug-likeness (QED) is 0.879. The Morgan fingerprint density at radius 2 is 2.35 bits per heavy atom. The molecule has 17 heavy (non-hydrogen) atoms. The van der Waals surface area contributed by atoms with Gasteiger partial charge in [0.2, 0.25) is 0 Å². The Balaban J connectivity index is 1.95. The van der Waals surface area contributed by atoms with Crippen molar-refractivity contribution in [2.45, 2.75) is 50.7 Å². The minimum Gasteiger partial charge on any atom is -0.368 e. The number of aryl methyl sites for hydroxylation is 1. The number of hydrogen-bond acceptors (Lipinski definition) is 4. The van der Waals surface area contributed by atoms with Crippen LogP contribution in [-0.4, -0.2) is 18.6 Å². The molecule has 3 nitrogen and oxygen atoms in total. The fourth-order valence-electron chi connectivity index (χ4n) is 2.87. The summed E-state index contributed by atoms with van der Waals surface area (Å²) in [6.45, 7) is 3.08. The van der Waals surface area contributed by atoms with Gasteiger partial charge in [0.1, 0.15) is 10.6 Å². The van der Waals surface area contributed by atoms with E-state index in [0.717, 1.165) is 19.4 Å². The number of aromatic nitrogens is 1. The summed E-state index contributed by atoms with van der Waals surface area (Å²) in [5, 5.41) is 4.58. The second-order valence-corrected chi connectivity index (χ2v) is 6.33. The van der Waals surface area contributed by atoms with Crippen molar-refractivity contribution >= 4 is 11.3 Å². The van der Waals surface area contributed by atoms with Crippen molar-refractivity contribution in [1.29, 1.82) is 0 Å². The monoisotopic (exact) mass is 252 g/mol. The first-order valence-electron chi connectivity index (χ1n) is 6.54. The van der Waals surface area contributed by atoms with Gasteiger partial charge in [-0.2, -0.15) is 0 Å². The topological polar surface area (TPSA) is 34.1 Å². The maximum absolute atomic E-state index is 5.90. The van der Waals surface area contributed by atoms with Gasteiger partial charge in [-0.3, -0.25) is 0 Å². The third-order valence-electron chi connectivity index (χ3n) is 3.97. The molecule has 0 amide bonds. The summed E-state index contributed by atoms with van der Waals surface area (Å²) in [6, 6.07) is 0.453. The number of thiazole rings is 1. The van der Waals surface area contributed by atoms with Crippen LogP contribution in [0.4, 0.5) is 0 Å². The van der Waals surface area contributed by atoms with Crippen molar-refractivity contribution in [2.24, 2.45) is 0 Å². The lowest BCUT2D eigenvalue weighted by Crippen LogP contribution is -2.22. The zero-order valence-corrected chi connectivity index (χ0v) is 11.4. The van der Waals surface area contributed by atoms with Crippen LogP contribution in [0, 0.1) is 0 Å². The maximum atomic E-state index is 5.90. The first-order chi connectivity index (χ1) is 8.23. The first-order valence-corrected chi connectivity index (χ1v) is 7.36. The highest BCUT2D eigenvalue weighted by Crippen LogP contribution is 2.42. The highest BCUT2D eigenvalue weighted by molar-refractivity contribution is 7.11. The van der Waals surface area contributed by atoms with Crippen molar-refractivity contribution in [3.63, 3.8) is 0 Å². The molecular weight excluding hydrogens is 232 g/mol. The lowest BCUT2D eigenvalue weighted by molar-refractivity contribution is 0.0165. The van der Waals surface area contributed by atoms with Gasteiger partial charge in [-0.05, 0) is 46.1 Å². The van der Waals surface area contributed by atoms with Crippen molar-refractivity contribution < 1.29 is 4.74 Å². The van der Waals surface area contributed by atoms with Gasteiger partial charge in [0.05, 0.1) is 11.7 Å². The van der Waals surface area contributed by atoms with E-state index in [1.54, 1.807) is 0 Å². The molecule has 1 fully saturated rings. The molecule has 0 saturated carbocycles. The summed E-state index contributed by atoms with van der Waals surface area (Å²) < 4.78 is 5.90. The molecule has 2 heterocycles. The normalized spacial score (nSPS) is 32.7. The number of fused-ring (bicyclic) bond motifs is 1. The standard InChI is InChI=1S/C13H20N2OS/c1-13(7-4-8-16-13)12-15-11-9(14-2)5-3-6-10(11)17-12/h9,14H,3-8H2,1-2H3. The fraction of sp³-hybridized carbons (Fsp3) is 0.769. The molecule has 2 unspecified atom stereocenters. The zero-order chi connectivity index (χ0) is 11.9. The van der Waals surface area contributed by atoms with E-state index in [4.69, 9.17) is 9.72 Å². The van der Waals surface area contributed by atoms with Crippen LogP contribution in [0.5, 0.6) is 0 Å². The maximum Gasteiger partial charge on any atom is 0.125 e. The molecule has 1 saturated heterocycles. The Hall–Kier alpha value is -0.450. The average Bonchev–Trinajstić information content (AvgIpc) is 2.95. The number of ether oxygens (including phenoxy) is 1. The van der Waals surface area contributed by atoms with Crippen molar-refractivity contribution in [1.82, 2.24) is 10.3 Å². The number of nitrogens with one attached hydrogen (secondary N) is 1. The van der Waals surface area contributed by atoms with Gasteiger partial charge in [-0.1, -0.05) is 0 Å². The largest absolute Gasteiger partial charge is 0.368 e. The van der Waals surface area contributed by atoms with Crippen molar-refractivity contribution in [2.75, 3.05) is 13.7 Å². The molecule has 0 radical (unpaired) electrons. The Bertz CT molecular complexity index is 410. The van der Waals surface area contributed by atoms with Crippen LogP contribution in [0.15, 0.2) is 0 Å². The average molecular weight is 252 g/mol. The minimum atomic E-state index is -0.111. The van der Waals surface area contributed by atoms with Crippen molar-refractivity contribution in [3.05, 3.63) is 15.6 Å². The molecule has 1 N–H and O–H groups in total. The lowest BCUT2D eigenvalue weighted by Gasteiger charge is -2.20. The van der Waals surface area contributed by atoms with Gasteiger partial charge in [0.25, 0.3) is 0 Å².